The molecule has 1 unspecified atom stereocenters. The number of aryl methyl sites for hydroxylation is 1. The number of amides is 2. The van der Waals surface area contributed by atoms with Gasteiger partial charge in [0.2, 0.25) is 11.8 Å². The van der Waals surface area contributed by atoms with Crippen molar-refractivity contribution in [2.75, 3.05) is 11.9 Å². The molecule has 30 heavy (non-hydrogen) atoms. The van der Waals surface area contributed by atoms with Crippen LogP contribution in [0.25, 0.3) is 0 Å². The molecule has 0 aliphatic heterocycles. The van der Waals surface area contributed by atoms with E-state index in [4.69, 9.17) is 9.47 Å². The van der Waals surface area contributed by atoms with Crippen LogP contribution in [-0.4, -0.2) is 36.7 Å². The predicted molar refractivity (Wildman–Crippen MR) is 113 cm³/mol. The lowest BCUT2D eigenvalue weighted by Crippen LogP contribution is -2.26. The maximum Gasteiger partial charge on any atom is 0.347 e. The van der Waals surface area contributed by atoms with E-state index in [1.165, 1.54) is 6.21 Å². The zero-order valence-corrected chi connectivity index (χ0v) is 17.2. The van der Waals surface area contributed by atoms with Gasteiger partial charge >= 0.3 is 5.97 Å². The third kappa shape index (κ3) is 7.38. The summed E-state index contributed by atoms with van der Waals surface area (Å²) < 4.78 is 10.4. The molecule has 158 valence electrons. The fourth-order valence-corrected chi connectivity index (χ4v) is 2.42. The topological polar surface area (TPSA) is 106 Å². The average molecular weight is 411 g/mol. The maximum absolute atomic E-state index is 12.0. The largest absolute Gasteiger partial charge is 0.479 e. The van der Waals surface area contributed by atoms with Gasteiger partial charge < -0.3 is 14.8 Å². The summed E-state index contributed by atoms with van der Waals surface area (Å²) in [6.45, 7) is 5.50. The van der Waals surface area contributed by atoms with Gasteiger partial charge in [-0.25, -0.2) is 10.2 Å². The van der Waals surface area contributed by atoms with Crippen molar-refractivity contribution in [2.45, 2.75) is 33.3 Å². The summed E-state index contributed by atoms with van der Waals surface area (Å²) in [4.78, 5) is 35.4. The maximum atomic E-state index is 12.0. The Kier molecular flexibility index (Phi) is 8.56. The van der Waals surface area contributed by atoms with Crippen molar-refractivity contribution in [1.82, 2.24) is 5.43 Å². The van der Waals surface area contributed by atoms with Gasteiger partial charge in [-0.05, 0) is 62.2 Å². The normalized spacial score (nSPS) is 11.6. The van der Waals surface area contributed by atoms with Crippen LogP contribution in [0.15, 0.2) is 53.6 Å². The van der Waals surface area contributed by atoms with Crippen molar-refractivity contribution < 1.29 is 23.9 Å². The van der Waals surface area contributed by atoms with E-state index in [-0.39, 0.29) is 6.42 Å². The molecule has 8 nitrogen and oxygen atoms in total. The summed E-state index contributed by atoms with van der Waals surface area (Å²) in [5.74, 6) is -0.878. The Morgan fingerprint density at radius 2 is 1.77 bits per heavy atom. The number of ether oxygens (including phenoxy) is 2. The third-order valence-corrected chi connectivity index (χ3v) is 3.95. The fraction of sp³-hybridized carbons (Fsp3) is 0.273. The van der Waals surface area contributed by atoms with Crippen molar-refractivity contribution in [3.8, 4) is 5.75 Å². The molecule has 8 heteroatoms. The Bertz CT molecular complexity index is 909. The average Bonchev–Trinajstić information content (AvgIpc) is 2.71. The van der Waals surface area contributed by atoms with Crippen LogP contribution >= 0.6 is 0 Å². The van der Waals surface area contributed by atoms with E-state index in [0.717, 1.165) is 5.56 Å². The highest BCUT2D eigenvalue weighted by Crippen LogP contribution is 2.14. The lowest BCUT2D eigenvalue weighted by Gasteiger charge is -2.13. The number of carbonyl (C=O) groups excluding carboxylic acids is 3. The van der Waals surface area contributed by atoms with Crippen molar-refractivity contribution in [3.05, 3.63) is 59.7 Å². The van der Waals surface area contributed by atoms with Crippen molar-refractivity contribution in [2.24, 2.45) is 5.10 Å². The van der Waals surface area contributed by atoms with Crippen molar-refractivity contribution in [3.63, 3.8) is 0 Å². The standard InChI is InChI=1S/C22H25N3O5/c1-4-29-22(28)16(3)30-18-11-9-17(10-12-18)14-23-25-21(27)13-20(26)24-19-8-6-5-7-15(19)2/h5-12,14,16H,4,13H2,1-3H3,(H,24,26)(H,25,27). The minimum absolute atomic E-state index is 0.293. The summed E-state index contributed by atoms with van der Waals surface area (Å²) in [6, 6.07) is 14.1. The first kappa shape index (κ1) is 22.6. The van der Waals surface area contributed by atoms with Crippen LogP contribution in [0.2, 0.25) is 0 Å². The SMILES string of the molecule is CCOC(=O)C(C)Oc1ccc(C=NNC(=O)CC(=O)Nc2ccccc2C)cc1. The van der Waals surface area contributed by atoms with Crippen molar-refractivity contribution in [1.29, 1.82) is 0 Å². The van der Waals surface area contributed by atoms with Gasteiger partial charge in [-0.3, -0.25) is 9.59 Å². The molecule has 0 fully saturated rings. The number of benzene rings is 2. The molecule has 0 heterocycles. The van der Waals surface area contributed by atoms with Gasteiger partial charge in [0.05, 0.1) is 12.8 Å². The number of hydrazone groups is 1. The third-order valence-electron chi connectivity index (χ3n) is 3.95. The number of hydrogen-bond donors (Lipinski definition) is 2. The van der Waals surface area contributed by atoms with Gasteiger partial charge in [-0.15, -0.1) is 0 Å². The Hall–Kier alpha value is -3.68. The Morgan fingerprint density at radius 1 is 1.07 bits per heavy atom. The van der Waals surface area contributed by atoms with E-state index < -0.39 is 23.9 Å². The second kappa shape index (κ2) is 11.4. The molecule has 0 saturated heterocycles. The molecule has 2 aromatic carbocycles. The monoisotopic (exact) mass is 411 g/mol. The molecule has 2 amide bonds. The molecule has 0 aliphatic carbocycles. The van der Waals surface area contributed by atoms with Crippen molar-refractivity contribution >= 4 is 29.7 Å². The second-order valence-corrected chi connectivity index (χ2v) is 6.41. The highest BCUT2D eigenvalue weighted by Gasteiger charge is 2.15. The van der Waals surface area contributed by atoms with E-state index in [9.17, 15) is 14.4 Å². The molecule has 0 aliphatic rings. The number of rotatable bonds is 9. The number of carbonyl (C=O) groups is 3. The highest BCUT2D eigenvalue weighted by atomic mass is 16.6. The van der Waals surface area contributed by atoms with Crippen LogP contribution < -0.4 is 15.5 Å². The minimum atomic E-state index is -0.713. The van der Waals surface area contributed by atoms with E-state index in [1.807, 2.05) is 19.1 Å². The molecular weight excluding hydrogens is 386 g/mol. The van der Waals surface area contributed by atoms with Crippen LogP contribution in [0.1, 0.15) is 31.4 Å². The molecule has 1 atom stereocenters. The molecular formula is C22H25N3O5. The number of anilines is 1. The first-order valence-electron chi connectivity index (χ1n) is 9.49. The first-order valence-corrected chi connectivity index (χ1v) is 9.49. The zero-order chi connectivity index (χ0) is 21.9. The summed E-state index contributed by atoms with van der Waals surface area (Å²) in [6.07, 6.45) is 0.384. The number of nitrogens with one attached hydrogen (secondary N) is 2. The van der Waals surface area contributed by atoms with E-state index in [0.29, 0.717) is 23.6 Å². The van der Waals surface area contributed by atoms with Gasteiger partial charge in [0.25, 0.3) is 0 Å². The Morgan fingerprint density at radius 3 is 2.43 bits per heavy atom. The van der Waals surface area contributed by atoms with Gasteiger partial charge in [-0.2, -0.15) is 5.10 Å². The quantitative estimate of drug-likeness (QED) is 0.286. The Balaban J connectivity index is 1.79. The number of nitrogens with zero attached hydrogens (tertiary/aromatic N) is 1. The lowest BCUT2D eigenvalue weighted by molar-refractivity contribution is -0.150. The van der Waals surface area contributed by atoms with E-state index in [2.05, 4.69) is 15.8 Å². The number of hydrogen-bond acceptors (Lipinski definition) is 6. The highest BCUT2D eigenvalue weighted by molar-refractivity contribution is 6.04. The molecule has 2 aromatic rings. The second-order valence-electron chi connectivity index (χ2n) is 6.41. The fourth-order valence-electron chi connectivity index (χ4n) is 2.42. The van der Waals surface area contributed by atoms with E-state index >= 15 is 0 Å². The van der Waals surface area contributed by atoms with Crippen LogP contribution in [0.3, 0.4) is 0 Å². The van der Waals surface area contributed by atoms with Crippen LogP contribution in [-0.2, 0) is 19.1 Å². The van der Waals surface area contributed by atoms with Gasteiger partial charge in [0.15, 0.2) is 6.10 Å². The molecule has 2 rings (SSSR count). The van der Waals surface area contributed by atoms with Gasteiger partial charge in [0, 0.05) is 5.69 Å². The number of esters is 1. The number of para-hydroxylation sites is 1. The van der Waals surface area contributed by atoms with Crippen LogP contribution in [0.4, 0.5) is 5.69 Å². The summed E-state index contributed by atoms with van der Waals surface area (Å²) in [5.41, 5.74) is 4.60. The summed E-state index contributed by atoms with van der Waals surface area (Å²) >= 11 is 0. The molecule has 0 aromatic heterocycles. The Labute approximate surface area is 175 Å². The molecule has 2 N–H and O–H groups in total. The summed E-state index contributed by atoms with van der Waals surface area (Å²) in [5, 5.41) is 6.53. The minimum Gasteiger partial charge on any atom is -0.479 e. The van der Waals surface area contributed by atoms with E-state index in [1.54, 1.807) is 50.2 Å². The molecule has 0 spiro atoms. The van der Waals surface area contributed by atoms with Crippen LogP contribution in [0, 0.1) is 6.92 Å². The van der Waals surface area contributed by atoms with Gasteiger partial charge in [-0.1, -0.05) is 18.2 Å². The van der Waals surface area contributed by atoms with Crippen LogP contribution in [0.5, 0.6) is 5.75 Å². The molecule has 0 saturated carbocycles. The predicted octanol–water partition coefficient (Wildman–Crippen LogP) is 2.80. The van der Waals surface area contributed by atoms with Gasteiger partial charge in [0.1, 0.15) is 12.2 Å². The summed E-state index contributed by atoms with van der Waals surface area (Å²) in [7, 11) is 0. The lowest BCUT2D eigenvalue weighted by atomic mass is 10.2. The molecule has 0 radical (unpaired) electrons. The zero-order valence-electron chi connectivity index (χ0n) is 17.2. The smallest absolute Gasteiger partial charge is 0.347 e. The molecule has 0 bridgehead atoms. The first-order chi connectivity index (χ1) is 14.4.